The Hall–Kier alpha value is -11.4. The molecule has 14 nitrogen and oxygen atoms in total. The van der Waals surface area contributed by atoms with Gasteiger partial charge in [-0.2, -0.15) is 20.4 Å². The highest BCUT2D eigenvalue weighted by Crippen LogP contribution is 2.65. The molecule has 123 heavy (non-hydrogen) atoms. The number of aliphatic hydroxyl groups excluding tert-OH is 4. The molecule has 0 bridgehead atoms. The number of benzene rings is 6. The van der Waals surface area contributed by atoms with Crippen molar-refractivity contribution in [3.8, 4) is 22.7 Å². The van der Waals surface area contributed by atoms with Crippen LogP contribution < -0.4 is 0 Å². The average Bonchev–Trinajstić information content (AvgIpc) is 1.36. The lowest BCUT2D eigenvalue weighted by atomic mass is 9.56. The second kappa shape index (κ2) is 31.7. The van der Waals surface area contributed by atoms with Gasteiger partial charge in [0.1, 0.15) is 70.5 Å². The fourth-order valence-corrected chi connectivity index (χ4v) is 21.9. The summed E-state index contributed by atoms with van der Waals surface area (Å²) in [5, 5.41) is 65.4. The van der Waals surface area contributed by atoms with Gasteiger partial charge < -0.3 is 20.4 Å². The Balaban J connectivity index is 0.000000112. The summed E-state index contributed by atoms with van der Waals surface area (Å²) in [4.78, 5) is 7.96. The van der Waals surface area contributed by atoms with Crippen molar-refractivity contribution < 1.29 is 59.9 Å². The molecule has 12 atom stereocenters. The molecule has 21 rings (SSSR count). The Morgan fingerprint density at radius 2 is 0.610 bits per heavy atom. The van der Waals surface area contributed by atoms with Gasteiger partial charge in [-0.15, -0.1) is 11.3 Å². The number of allylic oxidation sites excluding steroid dienone is 4. The Labute approximate surface area is 709 Å². The van der Waals surface area contributed by atoms with E-state index in [0.717, 1.165) is 119 Å². The van der Waals surface area contributed by atoms with E-state index in [9.17, 15) is 42.4 Å². The van der Waals surface area contributed by atoms with Crippen molar-refractivity contribution in [2.45, 2.75) is 171 Å². The molecule has 0 radical (unpaired) electrons. The fourth-order valence-electron chi connectivity index (χ4n) is 21.0. The summed E-state index contributed by atoms with van der Waals surface area (Å²) in [6, 6.07) is 44.6. The maximum atomic E-state index is 16.8. The van der Waals surface area contributed by atoms with E-state index in [1.54, 1.807) is 141 Å². The summed E-state index contributed by atoms with van der Waals surface area (Å²) in [6.07, 6.45) is 24.0. The topological polar surface area (TPSA) is 178 Å². The molecule has 0 spiro atoms. The second-order valence-corrected chi connectivity index (χ2v) is 35.8. The Morgan fingerprint density at radius 1 is 0.333 bits per heavy atom. The molecule has 4 saturated carbocycles. The van der Waals surface area contributed by atoms with Crippen LogP contribution >= 0.6 is 11.3 Å². The number of pyridine rings is 2. The summed E-state index contributed by atoms with van der Waals surface area (Å²) in [6.45, 7) is 7.63. The van der Waals surface area contributed by atoms with E-state index in [1.165, 1.54) is 84.1 Å². The zero-order chi connectivity index (χ0) is 85.8. The smallest absolute Gasteiger partial charge is 0.150 e. The second-order valence-electron chi connectivity index (χ2n) is 34.9. The SMILES string of the molecule is C[C@]12Cc3cnn(-c4ccc(F)cc4)c3C=C1CCC[C@]2(F)[C@@H](O)c1ccncc1.C[C@]12Cc3cnn(-c4ccc(F)cc4)c3C=C1CCC[C@]2(F)[C@H](O)c1ccc(F)cc1.C[C@]12Cc3cnn(-c4ccc(F)cc4)c3C=C1CCC[C@]2(F)[C@H](O)c1ccncc1.C[C@]12Cc3cnn(-c4ccc(F)cc4)c3C=C1CC[C@]2(F)C(O)c1csc2ccccc12. The van der Waals surface area contributed by atoms with Gasteiger partial charge in [0.15, 0.2) is 5.67 Å². The van der Waals surface area contributed by atoms with Crippen molar-refractivity contribution in [1.29, 1.82) is 0 Å². The standard InChI is InChI=1S/C26H22F2N2OS.C25H23F3N2O.2C24H23F2N3O/c1-25-13-16-14-29-30(19-8-6-18(27)7-9-19)22(16)12-17(25)10-11-26(25,28)24(31)21-15-32-23-5-3-2-4-20(21)23;1-24-14-17-15-29-30(21-10-8-20(27)9-11-21)22(17)13-18(24)3-2-12-25(24,28)23(31)16-4-6-19(26)7-5-16;2*1-23-14-17-15-28-29(20-6-4-19(25)5-7-20)21(17)13-18(23)3-2-10-24(23,26)22(30)16-8-11-27-12-9-16/h2-9,12,14-15,24,31H,10-11,13H2,1H3;4-11,13,15,23,31H,2-3,12,14H2,1H3;2*4-9,11-13,15,22,30H,2-3,10,14H2,1H3/t24?,25-,26-;23-,24+,25+;22-,23+,24+;22-,23-,24-/m0110/s1. The molecular formula is C99H91F9N10O4S. The summed E-state index contributed by atoms with van der Waals surface area (Å²) < 4.78 is 142. The third-order valence-corrected chi connectivity index (χ3v) is 29.2. The minimum atomic E-state index is -1.90. The molecule has 4 fully saturated rings. The quantitative estimate of drug-likeness (QED) is 0.0861. The number of nitrogens with zero attached hydrogens (tertiary/aromatic N) is 10. The number of aromatic nitrogens is 10. The summed E-state index contributed by atoms with van der Waals surface area (Å²) >= 11 is 1.54. The predicted octanol–water partition coefficient (Wildman–Crippen LogP) is 22.1. The van der Waals surface area contributed by atoms with Crippen LogP contribution in [0.2, 0.25) is 0 Å². The van der Waals surface area contributed by atoms with E-state index in [4.69, 9.17) is 0 Å². The van der Waals surface area contributed by atoms with E-state index in [2.05, 4.69) is 30.4 Å². The van der Waals surface area contributed by atoms with Gasteiger partial charge in [0.05, 0.1) is 70.3 Å². The zero-order valence-electron chi connectivity index (χ0n) is 68.2. The average molecular weight is 1690 g/mol. The number of thiophene rings is 1. The third-order valence-electron chi connectivity index (χ3n) is 28.2. The van der Waals surface area contributed by atoms with Crippen molar-refractivity contribution in [2.24, 2.45) is 21.7 Å². The lowest BCUT2D eigenvalue weighted by Crippen LogP contribution is -2.53. The minimum Gasteiger partial charge on any atom is -0.385 e. The number of alkyl halides is 4. The lowest BCUT2D eigenvalue weighted by molar-refractivity contribution is -0.101. The van der Waals surface area contributed by atoms with Gasteiger partial charge in [0.2, 0.25) is 0 Å². The summed E-state index contributed by atoms with van der Waals surface area (Å²) in [7, 11) is 0. The summed E-state index contributed by atoms with van der Waals surface area (Å²) in [5.74, 6) is -1.64. The molecule has 630 valence electrons. The fraction of sp³-hybridized carbons (Fsp3) is 0.313. The molecule has 0 saturated heterocycles. The maximum Gasteiger partial charge on any atom is 0.150 e. The Bertz CT molecular complexity index is 6070. The molecule has 6 aromatic carbocycles. The normalized spacial score (nSPS) is 26.1. The molecule has 8 aliphatic carbocycles. The van der Waals surface area contributed by atoms with Crippen molar-refractivity contribution in [2.75, 3.05) is 0 Å². The number of hydrogen-bond donors (Lipinski definition) is 4. The molecule has 1 unspecified atom stereocenters. The highest BCUT2D eigenvalue weighted by molar-refractivity contribution is 7.17. The first-order valence-corrected chi connectivity index (χ1v) is 42.6. The number of hydrogen-bond acceptors (Lipinski definition) is 11. The van der Waals surface area contributed by atoms with Gasteiger partial charge >= 0.3 is 0 Å². The van der Waals surface area contributed by atoms with Gasteiger partial charge in [0, 0.05) is 56.7 Å². The van der Waals surface area contributed by atoms with Crippen LogP contribution in [0.4, 0.5) is 39.5 Å². The zero-order valence-corrected chi connectivity index (χ0v) is 69.0. The van der Waals surface area contributed by atoms with Gasteiger partial charge in [0.25, 0.3) is 0 Å². The number of halogens is 9. The molecule has 0 amide bonds. The molecule has 13 aromatic rings. The van der Waals surface area contributed by atoms with E-state index in [-0.39, 0.29) is 36.1 Å². The van der Waals surface area contributed by atoms with Gasteiger partial charge in [-0.1, -0.05) is 80.3 Å². The highest BCUT2D eigenvalue weighted by atomic mass is 32.1. The largest absolute Gasteiger partial charge is 0.385 e. The molecule has 4 N–H and O–H groups in total. The minimum absolute atomic E-state index is 0.223. The number of rotatable bonds is 12. The van der Waals surface area contributed by atoms with Crippen LogP contribution in [0.1, 0.15) is 190 Å². The predicted molar refractivity (Wildman–Crippen MR) is 456 cm³/mol. The van der Waals surface area contributed by atoms with Gasteiger partial charge in [-0.3, -0.25) is 9.97 Å². The number of aliphatic hydroxyl groups is 4. The van der Waals surface area contributed by atoms with Crippen LogP contribution in [0, 0.1) is 50.7 Å². The van der Waals surface area contributed by atoms with E-state index < -0.39 is 74.6 Å². The van der Waals surface area contributed by atoms with Crippen LogP contribution in [-0.2, 0) is 25.7 Å². The Kier molecular flexibility index (Phi) is 21.3. The third kappa shape index (κ3) is 14.0. The molecule has 0 aliphatic heterocycles. The molecule has 7 aromatic heterocycles. The summed E-state index contributed by atoms with van der Waals surface area (Å²) in [5.41, 5.74) is 5.61. The first-order chi connectivity index (χ1) is 59.1. The first kappa shape index (κ1) is 82.5. The van der Waals surface area contributed by atoms with Crippen molar-refractivity contribution in [3.05, 3.63) is 343 Å². The lowest BCUT2D eigenvalue weighted by Gasteiger charge is -2.52. The van der Waals surface area contributed by atoms with Crippen LogP contribution in [-0.4, -0.2) is 92.2 Å². The molecule has 24 heteroatoms. The maximum absolute atomic E-state index is 16.8. The van der Waals surface area contributed by atoms with Crippen molar-refractivity contribution in [1.82, 2.24) is 49.1 Å². The van der Waals surface area contributed by atoms with Gasteiger partial charge in [-0.25, -0.2) is 58.2 Å². The number of fused-ring (bicyclic) bond motifs is 9. The van der Waals surface area contributed by atoms with Crippen LogP contribution in [0.25, 0.3) is 57.1 Å². The first-order valence-electron chi connectivity index (χ1n) is 41.7. The molecule has 7 heterocycles. The van der Waals surface area contributed by atoms with Crippen molar-refractivity contribution in [3.63, 3.8) is 0 Å². The molecule has 8 aliphatic rings. The monoisotopic (exact) mass is 1690 g/mol. The molecular weight excluding hydrogens is 1600 g/mol. The van der Waals surface area contributed by atoms with E-state index >= 15 is 17.6 Å². The van der Waals surface area contributed by atoms with Crippen molar-refractivity contribution >= 4 is 45.7 Å². The van der Waals surface area contributed by atoms with Crippen LogP contribution in [0.3, 0.4) is 0 Å². The van der Waals surface area contributed by atoms with E-state index in [0.29, 0.717) is 86.5 Å². The highest BCUT2D eigenvalue weighted by Gasteiger charge is 2.64. The van der Waals surface area contributed by atoms with Crippen LogP contribution in [0.5, 0.6) is 0 Å². The Morgan fingerprint density at radius 3 is 0.927 bits per heavy atom. The van der Waals surface area contributed by atoms with E-state index in [1.807, 2.05) is 81.6 Å². The van der Waals surface area contributed by atoms with Crippen LogP contribution in [0.15, 0.2) is 247 Å². The van der Waals surface area contributed by atoms with Gasteiger partial charge in [-0.05, 0) is 310 Å².